The number of hydrogen-bond donors (Lipinski definition) is 1. The van der Waals surface area contributed by atoms with Crippen LogP contribution in [-0.4, -0.2) is 57.9 Å². The van der Waals surface area contributed by atoms with Crippen LogP contribution in [0.3, 0.4) is 0 Å². The van der Waals surface area contributed by atoms with Crippen molar-refractivity contribution in [3.8, 4) is 11.4 Å². The number of carbonyl (C=O) groups is 2. The van der Waals surface area contributed by atoms with Crippen LogP contribution in [0.2, 0.25) is 0 Å². The van der Waals surface area contributed by atoms with Crippen molar-refractivity contribution in [2.75, 3.05) is 21.1 Å². The van der Waals surface area contributed by atoms with Gasteiger partial charge in [0.2, 0.25) is 5.82 Å². The summed E-state index contributed by atoms with van der Waals surface area (Å²) in [5, 5.41) is 6.71. The number of amides is 2. The lowest BCUT2D eigenvalue weighted by atomic mass is 10.1. The van der Waals surface area contributed by atoms with E-state index in [0.29, 0.717) is 17.9 Å². The molecule has 1 aliphatic rings. The molecule has 0 fully saturated rings. The fourth-order valence-corrected chi connectivity index (χ4v) is 2.30. The first-order valence-corrected chi connectivity index (χ1v) is 6.50. The molecule has 0 saturated carbocycles. The van der Waals surface area contributed by atoms with Gasteiger partial charge in [0.05, 0.1) is 0 Å². The van der Waals surface area contributed by atoms with Crippen molar-refractivity contribution in [1.29, 1.82) is 0 Å². The first kappa shape index (κ1) is 13.3. The van der Waals surface area contributed by atoms with Crippen molar-refractivity contribution in [3.05, 3.63) is 35.2 Å². The second kappa shape index (κ2) is 4.69. The van der Waals surface area contributed by atoms with Crippen LogP contribution in [0.4, 0.5) is 0 Å². The molecule has 0 unspecified atom stereocenters. The zero-order valence-electron chi connectivity index (χ0n) is 12.0. The van der Waals surface area contributed by atoms with E-state index < -0.39 is 0 Å². The summed E-state index contributed by atoms with van der Waals surface area (Å²) in [6.45, 7) is 0.579. The minimum absolute atomic E-state index is 0.0232. The average molecular weight is 285 g/mol. The third-order valence-electron chi connectivity index (χ3n) is 3.44. The molecule has 3 rings (SSSR count). The molecule has 1 aromatic carbocycles. The molecule has 1 N–H and O–H groups in total. The first-order valence-electron chi connectivity index (χ1n) is 6.50. The summed E-state index contributed by atoms with van der Waals surface area (Å²) in [6, 6.07) is 5.47. The Bertz CT molecular complexity index is 735. The van der Waals surface area contributed by atoms with E-state index in [0.717, 1.165) is 11.1 Å². The highest BCUT2D eigenvalue weighted by molar-refractivity contribution is 5.98. The Morgan fingerprint density at radius 2 is 2.14 bits per heavy atom. The fraction of sp³-hybridized carbons (Fsp3) is 0.286. The van der Waals surface area contributed by atoms with Crippen LogP contribution in [0, 0.1) is 0 Å². The lowest BCUT2D eigenvalue weighted by Crippen LogP contribution is -2.22. The number of fused-ring (bicyclic) bond motifs is 1. The summed E-state index contributed by atoms with van der Waals surface area (Å²) < 4.78 is 0. The van der Waals surface area contributed by atoms with Gasteiger partial charge in [-0.05, 0) is 17.7 Å². The Morgan fingerprint density at radius 3 is 2.86 bits per heavy atom. The van der Waals surface area contributed by atoms with Gasteiger partial charge in [-0.15, -0.1) is 0 Å². The number of H-pyrrole nitrogens is 1. The number of nitrogens with one attached hydrogen (secondary N) is 1. The van der Waals surface area contributed by atoms with Gasteiger partial charge in [0.15, 0.2) is 5.82 Å². The lowest BCUT2D eigenvalue weighted by molar-refractivity contribution is 0.0809. The highest BCUT2D eigenvalue weighted by atomic mass is 16.2. The number of hydrogen-bond acceptors (Lipinski definition) is 4. The highest BCUT2D eigenvalue weighted by Crippen LogP contribution is 2.26. The van der Waals surface area contributed by atoms with Crippen molar-refractivity contribution < 1.29 is 9.59 Å². The predicted octanol–water partition coefficient (Wildman–Crippen LogP) is 0.759. The molecule has 2 amide bonds. The fourth-order valence-electron chi connectivity index (χ4n) is 2.30. The third kappa shape index (κ3) is 2.16. The molecular weight excluding hydrogens is 270 g/mol. The normalized spacial score (nSPS) is 13.5. The average Bonchev–Trinajstić information content (AvgIpc) is 3.04. The number of aromatic amines is 1. The van der Waals surface area contributed by atoms with Gasteiger partial charge in [0, 0.05) is 38.8 Å². The molecule has 2 heterocycles. The second-order valence-corrected chi connectivity index (χ2v) is 5.24. The Labute approximate surface area is 121 Å². The van der Waals surface area contributed by atoms with E-state index in [1.807, 2.05) is 6.07 Å². The van der Waals surface area contributed by atoms with Gasteiger partial charge in [-0.1, -0.05) is 6.07 Å². The van der Waals surface area contributed by atoms with Gasteiger partial charge in [0.1, 0.15) is 0 Å². The summed E-state index contributed by atoms with van der Waals surface area (Å²) >= 11 is 0. The van der Waals surface area contributed by atoms with Crippen LogP contribution < -0.4 is 0 Å². The van der Waals surface area contributed by atoms with Crippen LogP contribution in [0.1, 0.15) is 26.5 Å². The monoisotopic (exact) mass is 285 g/mol. The molecule has 7 heteroatoms. The zero-order chi connectivity index (χ0) is 15.1. The van der Waals surface area contributed by atoms with Gasteiger partial charge in [-0.25, -0.2) is 4.98 Å². The molecule has 0 aliphatic carbocycles. The molecule has 7 nitrogen and oxygen atoms in total. The van der Waals surface area contributed by atoms with E-state index in [4.69, 9.17) is 0 Å². The molecule has 1 aliphatic heterocycles. The van der Waals surface area contributed by atoms with Crippen molar-refractivity contribution in [2.24, 2.45) is 0 Å². The summed E-state index contributed by atoms with van der Waals surface area (Å²) in [7, 11) is 5.07. The predicted molar refractivity (Wildman–Crippen MR) is 75.6 cm³/mol. The van der Waals surface area contributed by atoms with Crippen molar-refractivity contribution in [2.45, 2.75) is 6.54 Å². The van der Waals surface area contributed by atoms with E-state index in [2.05, 4.69) is 15.2 Å². The topological polar surface area (TPSA) is 82.2 Å². The van der Waals surface area contributed by atoms with Crippen LogP contribution >= 0.6 is 0 Å². The molecule has 1 aromatic heterocycles. The van der Waals surface area contributed by atoms with Crippen LogP contribution in [0.5, 0.6) is 0 Å². The van der Waals surface area contributed by atoms with Crippen molar-refractivity contribution in [3.63, 3.8) is 0 Å². The number of aromatic nitrogens is 3. The Balaban J connectivity index is 1.94. The second-order valence-electron chi connectivity index (χ2n) is 5.24. The first-order chi connectivity index (χ1) is 9.97. The molecule has 0 bridgehead atoms. The molecule has 0 atom stereocenters. The van der Waals surface area contributed by atoms with Gasteiger partial charge in [-0.3, -0.25) is 14.7 Å². The van der Waals surface area contributed by atoms with Crippen LogP contribution in [-0.2, 0) is 6.54 Å². The summed E-state index contributed by atoms with van der Waals surface area (Å²) in [5.41, 5.74) is 2.44. The summed E-state index contributed by atoms with van der Waals surface area (Å²) in [6.07, 6.45) is 0. The van der Waals surface area contributed by atoms with Gasteiger partial charge in [-0.2, -0.15) is 5.10 Å². The number of benzene rings is 1. The number of carbonyl (C=O) groups excluding carboxylic acids is 2. The van der Waals surface area contributed by atoms with Crippen LogP contribution in [0.15, 0.2) is 18.2 Å². The summed E-state index contributed by atoms with van der Waals surface area (Å²) in [4.78, 5) is 31.0. The van der Waals surface area contributed by atoms with E-state index in [1.54, 1.807) is 38.2 Å². The highest BCUT2D eigenvalue weighted by Gasteiger charge is 2.25. The smallest absolute Gasteiger partial charge is 0.290 e. The maximum absolute atomic E-state index is 11.9. The van der Waals surface area contributed by atoms with Crippen molar-refractivity contribution >= 4 is 11.8 Å². The number of nitrogens with zero attached hydrogens (tertiary/aromatic N) is 4. The Morgan fingerprint density at radius 1 is 1.38 bits per heavy atom. The molecule has 0 saturated heterocycles. The minimum Gasteiger partial charge on any atom is -0.342 e. The quantitative estimate of drug-likeness (QED) is 0.883. The van der Waals surface area contributed by atoms with Crippen molar-refractivity contribution in [1.82, 2.24) is 25.0 Å². The summed E-state index contributed by atoms with van der Waals surface area (Å²) in [5.74, 6) is 0.438. The third-order valence-corrected chi connectivity index (χ3v) is 3.44. The molecule has 0 radical (unpaired) electrons. The van der Waals surface area contributed by atoms with E-state index >= 15 is 0 Å². The maximum Gasteiger partial charge on any atom is 0.290 e. The molecule has 2 aromatic rings. The minimum atomic E-state index is -0.232. The molecule has 0 spiro atoms. The zero-order valence-corrected chi connectivity index (χ0v) is 12.0. The van der Waals surface area contributed by atoms with E-state index in [9.17, 15) is 9.59 Å². The standard InChI is InChI=1S/C14H15N5O2/c1-18(2)14(21)12-15-11(16-17-12)8-4-5-10-9(6-8)7-19(3)13(10)20/h4-6H,7H2,1-3H3,(H,15,16,17). The van der Waals surface area contributed by atoms with Gasteiger partial charge in [0.25, 0.3) is 11.8 Å². The molecular formula is C14H15N5O2. The van der Waals surface area contributed by atoms with Crippen LogP contribution in [0.25, 0.3) is 11.4 Å². The van der Waals surface area contributed by atoms with E-state index in [1.165, 1.54) is 4.90 Å². The van der Waals surface area contributed by atoms with Gasteiger partial charge < -0.3 is 9.80 Å². The van der Waals surface area contributed by atoms with Gasteiger partial charge >= 0.3 is 0 Å². The SMILES string of the molecule is CN(C)C(=O)c1nc(-c2ccc3c(c2)CN(C)C3=O)n[nH]1. The molecule has 21 heavy (non-hydrogen) atoms. The van der Waals surface area contributed by atoms with E-state index in [-0.39, 0.29) is 17.6 Å². The molecule has 108 valence electrons. The largest absolute Gasteiger partial charge is 0.342 e. The number of rotatable bonds is 2. The Kier molecular flexibility index (Phi) is 2.97. The Hall–Kier alpha value is -2.70. The lowest BCUT2D eigenvalue weighted by Gasteiger charge is -2.05. The maximum atomic E-state index is 11.9.